The van der Waals surface area contributed by atoms with Crippen molar-refractivity contribution in [3.8, 4) is 0 Å². The maximum absolute atomic E-state index is 10.8. The molecule has 2 nitrogen and oxygen atoms in total. The first-order valence-corrected chi connectivity index (χ1v) is 4.35. The van der Waals surface area contributed by atoms with E-state index < -0.39 is 0 Å². The van der Waals surface area contributed by atoms with Gasteiger partial charge >= 0.3 is 0 Å². The van der Waals surface area contributed by atoms with Gasteiger partial charge in [0.1, 0.15) is 5.78 Å². The van der Waals surface area contributed by atoms with E-state index in [9.17, 15) is 9.59 Å². The number of rotatable bonds is 6. The molecule has 0 aliphatic heterocycles. The molecule has 0 aromatic rings. The van der Waals surface area contributed by atoms with Crippen LogP contribution < -0.4 is 0 Å². The highest BCUT2D eigenvalue weighted by atomic mass is 16.1. The van der Waals surface area contributed by atoms with Crippen molar-refractivity contribution in [2.75, 3.05) is 0 Å². The molecule has 0 fully saturated rings. The van der Waals surface area contributed by atoms with Gasteiger partial charge in [0.2, 0.25) is 0 Å². The Morgan fingerprint density at radius 2 is 2.00 bits per heavy atom. The van der Waals surface area contributed by atoms with Crippen molar-refractivity contribution in [1.29, 1.82) is 0 Å². The number of allylic oxidation sites excluding steroid dienone is 2. The summed E-state index contributed by atoms with van der Waals surface area (Å²) in [5, 5.41) is 0. The molecule has 0 aliphatic carbocycles. The summed E-state index contributed by atoms with van der Waals surface area (Å²) in [4.78, 5) is 21.3. The second-order valence-corrected chi connectivity index (χ2v) is 2.82. The fourth-order valence-corrected chi connectivity index (χ4v) is 0.801. The zero-order valence-corrected chi connectivity index (χ0v) is 7.80. The molecule has 0 aliphatic rings. The van der Waals surface area contributed by atoms with Gasteiger partial charge in [-0.1, -0.05) is 13.0 Å². The lowest BCUT2D eigenvalue weighted by Gasteiger charge is -1.90. The van der Waals surface area contributed by atoms with Crippen LogP contribution >= 0.6 is 0 Å². The van der Waals surface area contributed by atoms with E-state index in [-0.39, 0.29) is 11.6 Å². The Morgan fingerprint density at radius 3 is 2.50 bits per heavy atom. The molecule has 0 atom stereocenters. The van der Waals surface area contributed by atoms with Crippen molar-refractivity contribution in [3.63, 3.8) is 0 Å². The van der Waals surface area contributed by atoms with E-state index in [1.165, 1.54) is 0 Å². The summed E-state index contributed by atoms with van der Waals surface area (Å²) in [6.07, 6.45) is 6.29. The van der Waals surface area contributed by atoms with E-state index >= 15 is 0 Å². The van der Waals surface area contributed by atoms with Gasteiger partial charge in [-0.2, -0.15) is 0 Å². The van der Waals surface area contributed by atoms with Gasteiger partial charge < -0.3 is 4.79 Å². The van der Waals surface area contributed by atoms with Gasteiger partial charge in [0.05, 0.1) is 0 Å². The first kappa shape index (κ1) is 11.1. The monoisotopic (exact) mass is 168 g/mol. The number of carbonyl (C=O) groups is 2. The van der Waals surface area contributed by atoms with E-state index in [1.807, 2.05) is 13.0 Å². The maximum Gasteiger partial charge on any atom is 0.155 e. The van der Waals surface area contributed by atoms with Crippen LogP contribution in [0.4, 0.5) is 0 Å². The van der Waals surface area contributed by atoms with Crippen molar-refractivity contribution in [1.82, 2.24) is 0 Å². The standard InChI is InChI=1S/C10H16O2/c1-3-10(12)8-6-4-5-7-9(2)11/h6,8H,3-5,7H2,1-2H3. The van der Waals surface area contributed by atoms with Gasteiger partial charge in [-0.15, -0.1) is 0 Å². The van der Waals surface area contributed by atoms with E-state index in [1.54, 1.807) is 13.0 Å². The van der Waals surface area contributed by atoms with Crippen LogP contribution in [0.3, 0.4) is 0 Å². The van der Waals surface area contributed by atoms with E-state index in [0.29, 0.717) is 12.8 Å². The van der Waals surface area contributed by atoms with Gasteiger partial charge in [0.15, 0.2) is 5.78 Å². The Balaban J connectivity index is 3.36. The van der Waals surface area contributed by atoms with Crippen LogP contribution in [0.2, 0.25) is 0 Å². The highest BCUT2D eigenvalue weighted by molar-refractivity contribution is 5.89. The second kappa shape index (κ2) is 6.77. The first-order valence-electron chi connectivity index (χ1n) is 4.35. The number of hydrogen-bond donors (Lipinski definition) is 0. The molecule has 0 saturated carbocycles. The number of Topliss-reactive ketones (excluding diaryl/α,β-unsaturated/α-hetero) is 1. The highest BCUT2D eigenvalue weighted by Crippen LogP contribution is 1.97. The average molecular weight is 168 g/mol. The third kappa shape index (κ3) is 7.19. The van der Waals surface area contributed by atoms with Crippen molar-refractivity contribution < 1.29 is 9.59 Å². The van der Waals surface area contributed by atoms with Gasteiger partial charge in [0, 0.05) is 12.8 Å². The van der Waals surface area contributed by atoms with Crippen molar-refractivity contribution in [3.05, 3.63) is 12.2 Å². The van der Waals surface area contributed by atoms with Crippen LogP contribution in [-0.4, -0.2) is 11.6 Å². The number of hydrogen-bond acceptors (Lipinski definition) is 2. The lowest BCUT2D eigenvalue weighted by molar-refractivity contribution is -0.117. The summed E-state index contributed by atoms with van der Waals surface area (Å²) >= 11 is 0. The minimum absolute atomic E-state index is 0.151. The predicted molar refractivity (Wildman–Crippen MR) is 49.0 cm³/mol. The zero-order chi connectivity index (χ0) is 9.40. The molecule has 0 radical (unpaired) electrons. The van der Waals surface area contributed by atoms with Crippen LogP contribution in [0.1, 0.15) is 39.5 Å². The van der Waals surface area contributed by atoms with Gasteiger partial charge in [-0.3, -0.25) is 4.79 Å². The minimum Gasteiger partial charge on any atom is -0.300 e. The van der Waals surface area contributed by atoms with Crippen LogP contribution in [0, 0.1) is 0 Å². The van der Waals surface area contributed by atoms with Crippen LogP contribution in [0.5, 0.6) is 0 Å². The molecule has 0 rings (SSSR count). The molecular formula is C10H16O2. The molecular weight excluding hydrogens is 152 g/mol. The third-order valence-electron chi connectivity index (χ3n) is 1.55. The van der Waals surface area contributed by atoms with Gasteiger partial charge in [-0.05, 0) is 25.8 Å². The summed E-state index contributed by atoms with van der Waals surface area (Å²) in [6, 6.07) is 0. The largest absolute Gasteiger partial charge is 0.300 e. The van der Waals surface area contributed by atoms with Crippen LogP contribution in [0.25, 0.3) is 0 Å². The van der Waals surface area contributed by atoms with E-state index in [4.69, 9.17) is 0 Å². The Morgan fingerprint density at radius 1 is 1.33 bits per heavy atom. The molecule has 2 heteroatoms. The smallest absolute Gasteiger partial charge is 0.155 e. The fourth-order valence-electron chi connectivity index (χ4n) is 0.801. The topological polar surface area (TPSA) is 34.1 Å². The molecule has 0 aromatic heterocycles. The Kier molecular flexibility index (Phi) is 6.25. The van der Waals surface area contributed by atoms with Crippen molar-refractivity contribution in [2.45, 2.75) is 39.5 Å². The lowest BCUT2D eigenvalue weighted by atomic mass is 10.1. The minimum atomic E-state index is 0.151. The van der Waals surface area contributed by atoms with Gasteiger partial charge in [-0.25, -0.2) is 0 Å². The third-order valence-corrected chi connectivity index (χ3v) is 1.55. The SMILES string of the molecule is CCC(=O)C=CCCCC(C)=O. The first-order chi connectivity index (χ1) is 5.66. The van der Waals surface area contributed by atoms with Crippen LogP contribution in [-0.2, 0) is 9.59 Å². The summed E-state index contributed by atoms with van der Waals surface area (Å²) in [5.41, 5.74) is 0. The molecule has 0 unspecified atom stereocenters. The molecule has 0 saturated heterocycles. The summed E-state index contributed by atoms with van der Waals surface area (Å²) < 4.78 is 0. The molecule has 0 spiro atoms. The molecule has 0 N–H and O–H groups in total. The number of ketones is 2. The maximum atomic E-state index is 10.8. The van der Waals surface area contributed by atoms with E-state index in [2.05, 4.69) is 0 Å². The molecule has 12 heavy (non-hydrogen) atoms. The molecule has 0 heterocycles. The summed E-state index contributed by atoms with van der Waals surface area (Å²) in [7, 11) is 0. The second-order valence-electron chi connectivity index (χ2n) is 2.82. The van der Waals surface area contributed by atoms with Gasteiger partial charge in [0.25, 0.3) is 0 Å². The number of carbonyl (C=O) groups excluding carboxylic acids is 2. The average Bonchev–Trinajstić information content (AvgIpc) is 2.03. The van der Waals surface area contributed by atoms with Crippen LogP contribution in [0.15, 0.2) is 12.2 Å². The molecule has 68 valence electrons. The summed E-state index contributed by atoms with van der Waals surface area (Å²) in [6.45, 7) is 3.42. The Labute approximate surface area is 73.7 Å². The normalized spacial score (nSPS) is 10.5. The zero-order valence-electron chi connectivity index (χ0n) is 7.80. The highest BCUT2D eigenvalue weighted by Gasteiger charge is 1.91. The number of unbranched alkanes of at least 4 members (excludes halogenated alkanes) is 1. The lowest BCUT2D eigenvalue weighted by Crippen LogP contribution is -1.89. The molecule has 0 aromatic carbocycles. The van der Waals surface area contributed by atoms with Crippen molar-refractivity contribution >= 4 is 11.6 Å². The van der Waals surface area contributed by atoms with Crippen molar-refractivity contribution in [2.24, 2.45) is 0 Å². The molecule has 0 bridgehead atoms. The van der Waals surface area contributed by atoms with E-state index in [0.717, 1.165) is 12.8 Å². The molecule has 0 amide bonds. The summed E-state index contributed by atoms with van der Waals surface area (Å²) in [5.74, 6) is 0.364. The quantitative estimate of drug-likeness (QED) is 0.450. The Bertz CT molecular complexity index is 180. The predicted octanol–water partition coefficient (Wildman–Crippen LogP) is 2.28. The Hall–Kier alpha value is -0.920. The fraction of sp³-hybridized carbons (Fsp3) is 0.600.